The maximum absolute atomic E-state index is 14.8. The van der Waals surface area contributed by atoms with Crippen molar-refractivity contribution in [2.75, 3.05) is 0 Å². The molecule has 2 aromatic rings. The molecule has 4 rings (SSSR count). The second kappa shape index (κ2) is 7.29. The largest absolute Gasteiger partial charge is 0.386 e. The van der Waals surface area contributed by atoms with E-state index in [0.29, 0.717) is 28.7 Å². The molecule has 0 spiro atoms. The number of halogens is 2. The Balaban J connectivity index is 1.56. The minimum absolute atomic E-state index is 0.292. The van der Waals surface area contributed by atoms with Gasteiger partial charge in [0, 0.05) is 53.3 Å². The summed E-state index contributed by atoms with van der Waals surface area (Å²) in [6, 6.07) is 6.36. The second-order valence-electron chi connectivity index (χ2n) is 7.61. The molecule has 2 heterocycles. The zero-order valence-corrected chi connectivity index (χ0v) is 15.7. The van der Waals surface area contributed by atoms with Crippen molar-refractivity contribution in [3.63, 3.8) is 0 Å². The molecule has 1 aromatic carbocycles. The molecule has 1 saturated carbocycles. The number of pyridine rings is 1. The fraction of sp³-hybridized carbons (Fsp3) is 0.409. The fourth-order valence-electron chi connectivity index (χ4n) is 3.65. The van der Waals surface area contributed by atoms with Crippen molar-refractivity contribution in [1.82, 2.24) is 15.6 Å². The quantitative estimate of drug-likeness (QED) is 0.738. The molecule has 0 amide bonds. The summed E-state index contributed by atoms with van der Waals surface area (Å²) in [7, 11) is 0. The summed E-state index contributed by atoms with van der Waals surface area (Å²) in [5, 5.41) is 6.59. The fourth-order valence-corrected chi connectivity index (χ4v) is 3.65. The van der Waals surface area contributed by atoms with Crippen LogP contribution >= 0.6 is 0 Å². The molecule has 5 heteroatoms. The summed E-state index contributed by atoms with van der Waals surface area (Å²) in [5.74, 6) is -0.325. The van der Waals surface area contributed by atoms with Gasteiger partial charge in [0.25, 0.3) is 0 Å². The van der Waals surface area contributed by atoms with Gasteiger partial charge in [-0.3, -0.25) is 4.98 Å². The molecule has 2 unspecified atom stereocenters. The van der Waals surface area contributed by atoms with Crippen LogP contribution in [0.5, 0.6) is 0 Å². The summed E-state index contributed by atoms with van der Waals surface area (Å²) in [5.41, 5.74) is 3.32. The van der Waals surface area contributed by atoms with Gasteiger partial charge in [0.15, 0.2) is 0 Å². The Kier molecular flexibility index (Phi) is 4.85. The van der Waals surface area contributed by atoms with Crippen LogP contribution in [0.1, 0.15) is 62.7 Å². The first kappa shape index (κ1) is 18.0. The molecule has 0 radical (unpaired) electrons. The van der Waals surface area contributed by atoms with Crippen LogP contribution in [0, 0.1) is 11.6 Å². The molecule has 1 aromatic heterocycles. The van der Waals surface area contributed by atoms with E-state index in [9.17, 15) is 8.78 Å². The highest BCUT2D eigenvalue weighted by Crippen LogP contribution is 2.40. The second-order valence-corrected chi connectivity index (χ2v) is 7.61. The van der Waals surface area contributed by atoms with E-state index in [1.54, 1.807) is 12.3 Å². The molecule has 2 N–H and O–H groups in total. The van der Waals surface area contributed by atoms with Crippen molar-refractivity contribution in [1.29, 1.82) is 0 Å². The minimum Gasteiger partial charge on any atom is -0.386 e. The van der Waals surface area contributed by atoms with Gasteiger partial charge in [0.2, 0.25) is 0 Å². The van der Waals surface area contributed by atoms with Gasteiger partial charge in [0.1, 0.15) is 11.6 Å². The number of hydrogen-bond donors (Lipinski definition) is 2. The average molecular weight is 369 g/mol. The molecule has 0 bridgehead atoms. The molecule has 27 heavy (non-hydrogen) atoms. The minimum atomic E-state index is -0.405. The lowest BCUT2D eigenvalue weighted by atomic mass is 9.99. The lowest BCUT2D eigenvalue weighted by Gasteiger charge is -2.18. The molecule has 0 saturated heterocycles. The van der Waals surface area contributed by atoms with Crippen LogP contribution in [-0.4, -0.2) is 11.0 Å². The van der Waals surface area contributed by atoms with Gasteiger partial charge in [-0.15, -0.1) is 0 Å². The Bertz CT molecular complexity index is 874. The molecular formula is C22H25F2N3. The third kappa shape index (κ3) is 3.82. The van der Waals surface area contributed by atoms with E-state index in [2.05, 4.69) is 22.5 Å². The van der Waals surface area contributed by atoms with Crippen molar-refractivity contribution < 1.29 is 8.78 Å². The molecule has 1 aliphatic heterocycles. The Morgan fingerprint density at radius 3 is 2.74 bits per heavy atom. The number of rotatable bonds is 6. The predicted octanol–water partition coefficient (Wildman–Crippen LogP) is 5.17. The van der Waals surface area contributed by atoms with E-state index in [0.717, 1.165) is 37.1 Å². The van der Waals surface area contributed by atoms with E-state index in [4.69, 9.17) is 0 Å². The van der Waals surface area contributed by atoms with Crippen LogP contribution in [0.15, 0.2) is 42.4 Å². The zero-order valence-electron chi connectivity index (χ0n) is 15.7. The molecule has 142 valence electrons. The van der Waals surface area contributed by atoms with Gasteiger partial charge < -0.3 is 10.6 Å². The summed E-state index contributed by atoms with van der Waals surface area (Å²) in [6.45, 7) is 3.98. The Morgan fingerprint density at radius 2 is 2.04 bits per heavy atom. The van der Waals surface area contributed by atoms with Crippen LogP contribution in [0.4, 0.5) is 8.78 Å². The zero-order chi connectivity index (χ0) is 19.0. The lowest BCUT2D eigenvalue weighted by Crippen LogP contribution is -2.20. The van der Waals surface area contributed by atoms with Crippen LogP contribution in [0.25, 0.3) is 11.1 Å². The summed E-state index contributed by atoms with van der Waals surface area (Å²) in [4.78, 5) is 4.36. The SMILES string of the molecule is CCC1CC(NC(C)c2cc(F)c(-c3ccnc(C4CC4)c3)cc2F)=CN1. The van der Waals surface area contributed by atoms with E-state index >= 15 is 0 Å². The Labute approximate surface area is 158 Å². The van der Waals surface area contributed by atoms with Crippen LogP contribution in [0.2, 0.25) is 0 Å². The molecule has 1 aliphatic carbocycles. The smallest absolute Gasteiger partial charge is 0.131 e. The van der Waals surface area contributed by atoms with Crippen molar-refractivity contribution in [2.45, 2.75) is 57.5 Å². The maximum Gasteiger partial charge on any atom is 0.131 e. The van der Waals surface area contributed by atoms with E-state index in [-0.39, 0.29) is 6.04 Å². The van der Waals surface area contributed by atoms with Gasteiger partial charge >= 0.3 is 0 Å². The first-order chi connectivity index (χ1) is 13.0. The van der Waals surface area contributed by atoms with Crippen molar-refractivity contribution in [3.8, 4) is 11.1 Å². The number of aromatic nitrogens is 1. The van der Waals surface area contributed by atoms with Gasteiger partial charge in [0.05, 0.1) is 6.04 Å². The topological polar surface area (TPSA) is 37.0 Å². The summed E-state index contributed by atoms with van der Waals surface area (Å²) >= 11 is 0. The van der Waals surface area contributed by atoms with Gasteiger partial charge in [-0.25, -0.2) is 8.78 Å². The Morgan fingerprint density at radius 1 is 1.22 bits per heavy atom. The van der Waals surface area contributed by atoms with Gasteiger partial charge in [-0.1, -0.05) is 6.92 Å². The molecule has 2 atom stereocenters. The summed E-state index contributed by atoms with van der Waals surface area (Å²) < 4.78 is 29.6. The standard InChI is InChI=1S/C22H25F2N3/c1-3-16-9-17(12-26-16)27-13(2)18-10-21(24)19(11-20(18)23)15-6-7-25-22(8-15)14-4-5-14/h6-8,10-14,16,26-27H,3-5,9H2,1-2H3. The number of nitrogens with one attached hydrogen (secondary N) is 2. The van der Waals surface area contributed by atoms with E-state index in [1.165, 1.54) is 12.1 Å². The Hall–Kier alpha value is -2.43. The van der Waals surface area contributed by atoms with E-state index in [1.807, 2.05) is 19.2 Å². The first-order valence-corrected chi connectivity index (χ1v) is 9.72. The monoisotopic (exact) mass is 369 g/mol. The average Bonchev–Trinajstić information content (AvgIpc) is 3.43. The summed E-state index contributed by atoms with van der Waals surface area (Å²) in [6.07, 6.45) is 7.77. The van der Waals surface area contributed by atoms with Gasteiger partial charge in [-0.2, -0.15) is 0 Å². The van der Waals surface area contributed by atoms with Gasteiger partial charge in [-0.05, 0) is 56.0 Å². The molecule has 3 nitrogen and oxygen atoms in total. The van der Waals surface area contributed by atoms with Crippen LogP contribution in [0.3, 0.4) is 0 Å². The highest BCUT2D eigenvalue weighted by atomic mass is 19.1. The maximum atomic E-state index is 14.8. The normalized spacial score (nSPS) is 20.1. The van der Waals surface area contributed by atoms with Crippen molar-refractivity contribution in [2.24, 2.45) is 0 Å². The highest BCUT2D eigenvalue weighted by molar-refractivity contribution is 5.65. The van der Waals surface area contributed by atoms with E-state index < -0.39 is 11.6 Å². The van der Waals surface area contributed by atoms with Crippen LogP contribution < -0.4 is 10.6 Å². The highest BCUT2D eigenvalue weighted by Gasteiger charge is 2.25. The molecule has 2 aliphatic rings. The number of hydrogen-bond acceptors (Lipinski definition) is 3. The third-order valence-corrected chi connectivity index (χ3v) is 5.49. The lowest BCUT2D eigenvalue weighted by molar-refractivity contribution is 0.535. The van der Waals surface area contributed by atoms with Crippen LogP contribution in [-0.2, 0) is 0 Å². The molecular weight excluding hydrogens is 344 g/mol. The first-order valence-electron chi connectivity index (χ1n) is 9.72. The predicted molar refractivity (Wildman–Crippen MR) is 103 cm³/mol. The third-order valence-electron chi connectivity index (χ3n) is 5.49. The van der Waals surface area contributed by atoms with Crippen molar-refractivity contribution in [3.05, 3.63) is 65.3 Å². The molecule has 1 fully saturated rings. The number of benzene rings is 1. The number of nitrogens with zero attached hydrogens (tertiary/aromatic N) is 1. The van der Waals surface area contributed by atoms with Crippen molar-refractivity contribution >= 4 is 0 Å².